The van der Waals surface area contributed by atoms with Crippen molar-refractivity contribution in [3.63, 3.8) is 0 Å². The summed E-state index contributed by atoms with van der Waals surface area (Å²) in [5, 5.41) is 12.9. The lowest BCUT2D eigenvalue weighted by Gasteiger charge is -2.12. The predicted octanol–water partition coefficient (Wildman–Crippen LogP) is 1.51. The van der Waals surface area contributed by atoms with Gasteiger partial charge in [-0.15, -0.1) is 0 Å². The first-order valence-electron chi connectivity index (χ1n) is 5.70. The lowest BCUT2D eigenvalue weighted by Crippen LogP contribution is -2.24. The van der Waals surface area contributed by atoms with Crippen LogP contribution in [0.5, 0.6) is 0 Å². The molecule has 18 heavy (non-hydrogen) atoms. The number of halogens is 1. The summed E-state index contributed by atoms with van der Waals surface area (Å²) in [5.74, 6) is 0.174. The molecule has 0 aliphatic carbocycles. The maximum absolute atomic E-state index is 10.9. The van der Waals surface area contributed by atoms with Gasteiger partial charge in [-0.2, -0.15) is 0 Å². The smallest absolute Gasteiger partial charge is 0.147 e. The lowest BCUT2D eigenvalue weighted by molar-refractivity contribution is 0.175. The Hall–Kier alpha value is -0.430. The summed E-state index contributed by atoms with van der Waals surface area (Å²) >= 11 is 3.35. The van der Waals surface area contributed by atoms with Crippen LogP contribution < -0.4 is 5.32 Å². The molecule has 0 spiro atoms. The first-order chi connectivity index (χ1) is 8.38. The Labute approximate surface area is 116 Å². The van der Waals surface area contributed by atoms with Gasteiger partial charge in [0, 0.05) is 17.3 Å². The van der Waals surface area contributed by atoms with Crippen LogP contribution in [0.4, 0.5) is 0 Å². The van der Waals surface area contributed by atoms with Gasteiger partial charge >= 0.3 is 0 Å². The summed E-state index contributed by atoms with van der Waals surface area (Å²) in [6.07, 6.45) is 1.20. The van der Waals surface area contributed by atoms with Gasteiger partial charge in [-0.1, -0.05) is 28.1 Å². The minimum atomic E-state index is -2.89. The number of sulfone groups is 1. The number of benzene rings is 1. The summed E-state index contributed by atoms with van der Waals surface area (Å²) in [6, 6.07) is 7.48. The minimum absolute atomic E-state index is 0.174. The van der Waals surface area contributed by atoms with E-state index >= 15 is 0 Å². The second-order valence-electron chi connectivity index (χ2n) is 4.26. The van der Waals surface area contributed by atoms with Crippen molar-refractivity contribution in [2.45, 2.75) is 12.5 Å². The molecule has 0 aliphatic heterocycles. The standard InChI is InChI=1S/C12H18BrNO3S/c1-18(16,17)7-3-6-14-9-12(15)10-4-2-5-11(13)8-10/h2,4-5,8,12,14-15H,3,6-7,9H2,1H3. The van der Waals surface area contributed by atoms with Crippen LogP contribution in [0.1, 0.15) is 18.1 Å². The zero-order chi connectivity index (χ0) is 13.6. The summed E-state index contributed by atoms with van der Waals surface area (Å²) < 4.78 is 22.7. The molecular formula is C12H18BrNO3S. The third-order valence-corrected chi connectivity index (χ3v) is 3.96. The average Bonchev–Trinajstić information content (AvgIpc) is 2.26. The van der Waals surface area contributed by atoms with Crippen LogP contribution >= 0.6 is 15.9 Å². The van der Waals surface area contributed by atoms with Gasteiger partial charge in [0.1, 0.15) is 9.84 Å². The highest BCUT2D eigenvalue weighted by molar-refractivity contribution is 9.10. The van der Waals surface area contributed by atoms with Gasteiger partial charge in [-0.25, -0.2) is 8.42 Å². The van der Waals surface area contributed by atoms with Crippen molar-refractivity contribution in [3.05, 3.63) is 34.3 Å². The molecule has 0 aromatic heterocycles. The van der Waals surface area contributed by atoms with E-state index in [0.717, 1.165) is 10.0 Å². The quantitative estimate of drug-likeness (QED) is 0.741. The van der Waals surface area contributed by atoms with Crippen molar-refractivity contribution in [1.29, 1.82) is 0 Å². The van der Waals surface area contributed by atoms with Crippen LogP contribution in [0.2, 0.25) is 0 Å². The molecule has 102 valence electrons. The van der Waals surface area contributed by atoms with Crippen molar-refractivity contribution >= 4 is 25.8 Å². The van der Waals surface area contributed by atoms with E-state index < -0.39 is 15.9 Å². The van der Waals surface area contributed by atoms with E-state index in [0.29, 0.717) is 19.5 Å². The Bertz CT molecular complexity index is 476. The zero-order valence-corrected chi connectivity index (χ0v) is 12.7. The van der Waals surface area contributed by atoms with Gasteiger partial charge in [-0.05, 0) is 30.7 Å². The lowest BCUT2D eigenvalue weighted by atomic mass is 10.1. The first kappa shape index (κ1) is 15.6. The molecule has 0 bridgehead atoms. The van der Waals surface area contributed by atoms with Gasteiger partial charge in [0.05, 0.1) is 11.9 Å². The molecule has 1 aromatic rings. The molecule has 1 atom stereocenters. The van der Waals surface area contributed by atoms with Crippen LogP contribution in [-0.2, 0) is 9.84 Å². The Morgan fingerprint density at radius 2 is 2.17 bits per heavy atom. The largest absolute Gasteiger partial charge is 0.387 e. The number of rotatable bonds is 7. The molecule has 4 nitrogen and oxygen atoms in total. The molecule has 2 N–H and O–H groups in total. The summed E-state index contributed by atoms with van der Waals surface area (Å²) in [5.41, 5.74) is 0.833. The molecule has 0 amide bonds. The maximum atomic E-state index is 10.9. The van der Waals surface area contributed by atoms with Gasteiger partial charge in [0.25, 0.3) is 0 Å². The van der Waals surface area contributed by atoms with E-state index in [9.17, 15) is 13.5 Å². The third kappa shape index (κ3) is 6.49. The summed E-state index contributed by atoms with van der Waals surface area (Å²) in [4.78, 5) is 0. The van der Waals surface area contributed by atoms with Gasteiger partial charge in [-0.3, -0.25) is 0 Å². The highest BCUT2D eigenvalue weighted by Crippen LogP contribution is 2.17. The van der Waals surface area contributed by atoms with Gasteiger partial charge in [0.2, 0.25) is 0 Å². The van der Waals surface area contributed by atoms with Crippen molar-refractivity contribution in [2.75, 3.05) is 25.1 Å². The average molecular weight is 336 g/mol. The zero-order valence-electron chi connectivity index (χ0n) is 10.3. The normalized spacial score (nSPS) is 13.5. The fraction of sp³-hybridized carbons (Fsp3) is 0.500. The molecule has 1 aromatic carbocycles. The topological polar surface area (TPSA) is 66.4 Å². The van der Waals surface area contributed by atoms with Gasteiger partial charge < -0.3 is 10.4 Å². The molecule has 0 fully saturated rings. The fourth-order valence-corrected chi connectivity index (χ4v) is 2.62. The van der Waals surface area contributed by atoms with Crippen LogP contribution in [-0.4, -0.2) is 38.6 Å². The Morgan fingerprint density at radius 1 is 1.44 bits per heavy atom. The van der Waals surface area contributed by atoms with Crippen molar-refractivity contribution in [2.24, 2.45) is 0 Å². The predicted molar refractivity (Wildman–Crippen MR) is 76.3 cm³/mol. The third-order valence-electron chi connectivity index (χ3n) is 2.44. The molecule has 0 saturated carbocycles. The first-order valence-corrected chi connectivity index (χ1v) is 8.56. The molecule has 1 rings (SSSR count). The maximum Gasteiger partial charge on any atom is 0.147 e. The van der Waals surface area contributed by atoms with Crippen LogP contribution in [0.3, 0.4) is 0 Å². The number of aliphatic hydroxyl groups excluding tert-OH is 1. The van der Waals surface area contributed by atoms with Crippen LogP contribution in [0.15, 0.2) is 28.7 Å². The van der Waals surface area contributed by atoms with E-state index in [1.807, 2.05) is 24.3 Å². The Balaban J connectivity index is 2.27. The van der Waals surface area contributed by atoms with Gasteiger partial charge in [0.15, 0.2) is 0 Å². The number of aliphatic hydroxyl groups is 1. The van der Waals surface area contributed by atoms with E-state index in [-0.39, 0.29) is 5.75 Å². The van der Waals surface area contributed by atoms with E-state index in [2.05, 4.69) is 21.2 Å². The molecule has 0 saturated heterocycles. The monoisotopic (exact) mass is 335 g/mol. The summed E-state index contributed by atoms with van der Waals surface area (Å²) in [6.45, 7) is 0.998. The van der Waals surface area contributed by atoms with E-state index in [1.165, 1.54) is 6.26 Å². The van der Waals surface area contributed by atoms with E-state index in [1.54, 1.807) is 0 Å². The van der Waals surface area contributed by atoms with Crippen LogP contribution in [0, 0.1) is 0 Å². The minimum Gasteiger partial charge on any atom is -0.387 e. The molecule has 1 unspecified atom stereocenters. The number of hydrogen-bond donors (Lipinski definition) is 2. The van der Waals surface area contributed by atoms with Crippen molar-refractivity contribution < 1.29 is 13.5 Å². The molecule has 6 heteroatoms. The molecule has 0 radical (unpaired) electrons. The fourth-order valence-electron chi connectivity index (χ4n) is 1.53. The SMILES string of the molecule is CS(=O)(=O)CCCNCC(O)c1cccc(Br)c1. The van der Waals surface area contributed by atoms with Crippen LogP contribution in [0.25, 0.3) is 0 Å². The highest BCUT2D eigenvalue weighted by Gasteiger charge is 2.07. The number of nitrogens with one attached hydrogen (secondary N) is 1. The second kappa shape index (κ2) is 7.23. The highest BCUT2D eigenvalue weighted by atomic mass is 79.9. The summed E-state index contributed by atoms with van der Waals surface area (Å²) in [7, 11) is -2.89. The Kier molecular flexibility index (Phi) is 6.28. The molecule has 0 heterocycles. The van der Waals surface area contributed by atoms with Crippen molar-refractivity contribution in [3.8, 4) is 0 Å². The van der Waals surface area contributed by atoms with Crippen molar-refractivity contribution in [1.82, 2.24) is 5.32 Å². The van der Waals surface area contributed by atoms with E-state index in [4.69, 9.17) is 0 Å². The number of hydrogen-bond acceptors (Lipinski definition) is 4. The molecule has 0 aliphatic rings. The Morgan fingerprint density at radius 3 is 2.78 bits per heavy atom. The second-order valence-corrected chi connectivity index (χ2v) is 7.43. The molecular weight excluding hydrogens is 318 g/mol.